The summed E-state index contributed by atoms with van der Waals surface area (Å²) < 4.78 is 11.0. The summed E-state index contributed by atoms with van der Waals surface area (Å²) in [5, 5.41) is 3.79. The molecule has 0 aliphatic carbocycles. The number of methoxy groups -OCH3 is 1. The number of nitrogens with one attached hydrogen (secondary N) is 1. The fourth-order valence-electron chi connectivity index (χ4n) is 1.90. The molecule has 6 heteroatoms. The second-order valence-electron chi connectivity index (χ2n) is 4.08. The summed E-state index contributed by atoms with van der Waals surface area (Å²) in [4.78, 5) is 11.4. The van der Waals surface area contributed by atoms with Crippen molar-refractivity contribution in [1.29, 1.82) is 0 Å². The van der Waals surface area contributed by atoms with Crippen molar-refractivity contribution in [1.82, 2.24) is 5.32 Å². The lowest BCUT2D eigenvalue weighted by Crippen LogP contribution is -2.17. The van der Waals surface area contributed by atoms with Crippen LogP contribution in [0.15, 0.2) is 39.2 Å². The predicted molar refractivity (Wildman–Crippen MR) is 80.1 cm³/mol. The average Bonchev–Trinajstić information content (AvgIpc) is 2.90. The van der Waals surface area contributed by atoms with E-state index < -0.39 is 5.97 Å². The number of rotatable bonds is 4. The SMILES string of the molecule is CNC(c1ccc(C(=O)OC)o1)c1ccc(Cl)cc1Br. The molecule has 20 heavy (non-hydrogen) atoms. The van der Waals surface area contributed by atoms with E-state index in [4.69, 9.17) is 16.0 Å². The lowest BCUT2D eigenvalue weighted by Gasteiger charge is -2.16. The van der Waals surface area contributed by atoms with E-state index in [-0.39, 0.29) is 11.8 Å². The van der Waals surface area contributed by atoms with Crippen molar-refractivity contribution in [2.45, 2.75) is 6.04 Å². The number of benzene rings is 1. The molecule has 0 aliphatic rings. The molecule has 0 radical (unpaired) electrons. The van der Waals surface area contributed by atoms with E-state index in [1.165, 1.54) is 7.11 Å². The zero-order chi connectivity index (χ0) is 14.7. The van der Waals surface area contributed by atoms with Gasteiger partial charge in [-0.15, -0.1) is 0 Å². The minimum Gasteiger partial charge on any atom is -0.463 e. The third kappa shape index (κ3) is 3.06. The van der Waals surface area contributed by atoms with E-state index in [1.807, 2.05) is 19.2 Å². The number of hydrogen-bond acceptors (Lipinski definition) is 4. The van der Waals surface area contributed by atoms with Crippen molar-refractivity contribution in [2.75, 3.05) is 14.2 Å². The zero-order valence-electron chi connectivity index (χ0n) is 10.9. The maximum Gasteiger partial charge on any atom is 0.373 e. The molecule has 4 nitrogen and oxygen atoms in total. The molecule has 106 valence electrons. The molecule has 0 saturated heterocycles. The van der Waals surface area contributed by atoms with Crippen LogP contribution < -0.4 is 5.32 Å². The Morgan fingerprint density at radius 1 is 1.40 bits per heavy atom. The summed E-state index contributed by atoms with van der Waals surface area (Å²) >= 11 is 9.42. The van der Waals surface area contributed by atoms with Gasteiger partial charge in [0.2, 0.25) is 5.76 Å². The van der Waals surface area contributed by atoms with Crippen molar-refractivity contribution in [2.24, 2.45) is 0 Å². The van der Waals surface area contributed by atoms with Gasteiger partial charge in [0.25, 0.3) is 0 Å². The molecule has 2 aromatic rings. The third-order valence-electron chi connectivity index (χ3n) is 2.86. The Labute approximate surface area is 130 Å². The fraction of sp³-hybridized carbons (Fsp3) is 0.214. The summed E-state index contributed by atoms with van der Waals surface area (Å²) in [7, 11) is 3.13. The minimum atomic E-state index is -0.499. The standard InChI is InChI=1S/C14H13BrClNO3/c1-17-13(9-4-3-8(16)7-10(9)15)11-5-6-12(20-11)14(18)19-2/h3-7,13,17H,1-2H3. The molecule has 1 N–H and O–H groups in total. The molecule has 1 unspecified atom stereocenters. The van der Waals surface area contributed by atoms with Crippen LogP contribution in [0.2, 0.25) is 5.02 Å². The maximum atomic E-state index is 11.4. The van der Waals surface area contributed by atoms with Gasteiger partial charge >= 0.3 is 5.97 Å². The van der Waals surface area contributed by atoms with Crippen LogP contribution in [0.4, 0.5) is 0 Å². The highest BCUT2D eigenvalue weighted by molar-refractivity contribution is 9.10. The lowest BCUT2D eigenvalue weighted by molar-refractivity contribution is 0.0562. The van der Waals surface area contributed by atoms with Crippen molar-refractivity contribution in [3.63, 3.8) is 0 Å². The summed E-state index contributed by atoms with van der Waals surface area (Å²) in [6, 6.07) is 8.65. The van der Waals surface area contributed by atoms with E-state index in [0.29, 0.717) is 10.8 Å². The molecule has 1 heterocycles. The van der Waals surface area contributed by atoms with Gasteiger partial charge in [0, 0.05) is 9.50 Å². The van der Waals surface area contributed by atoms with E-state index in [9.17, 15) is 4.79 Å². The highest BCUT2D eigenvalue weighted by Crippen LogP contribution is 2.31. The fourth-order valence-corrected chi connectivity index (χ4v) is 2.82. The summed E-state index contributed by atoms with van der Waals surface area (Å²) in [5.74, 6) is 0.296. The highest BCUT2D eigenvalue weighted by Gasteiger charge is 2.20. The van der Waals surface area contributed by atoms with Crippen LogP contribution in [0.3, 0.4) is 0 Å². The predicted octanol–water partition coefficient (Wildman–Crippen LogP) is 3.79. The Morgan fingerprint density at radius 3 is 2.75 bits per heavy atom. The third-order valence-corrected chi connectivity index (χ3v) is 3.78. The number of carbonyl (C=O) groups is 1. The quantitative estimate of drug-likeness (QED) is 0.845. The minimum absolute atomic E-state index is 0.174. The first-order valence-electron chi connectivity index (χ1n) is 5.87. The van der Waals surface area contributed by atoms with Gasteiger partial charge in [-0.25, -0.2) is 4.79 Å². The molecule has 1 aromatic heterocycles. The van der Waals surface area contributed by atoms with Crippen molar-refractivity contribution < 1.29 is 13.9 Å². The summed E-state index contributed by atoms with van der Waals surface area (Å²) in [6.45, 7) is 0. The summed E-state index contributed by atoms with van der Waals surface area (Å²) in [5.41, 5.74) is 0.961. The van der Waals surface area contributed by atoms with E-state index in [0.717, 1.165) is 10.0 Å². The molecule has 0 saturated carbocycles. The molecule has 0 fully saturated rings. The van der Waals surface area contributed by atoms with Crippen molar-refractivity contribution in [3.05, 3.63) is 56.9 Å². The number of esters is 1. The molecular formula is C14H13BrClNO3. The van der Waals surface area contributed by atoms with E-state index >= 15 is 0 Å². The van der Waals surface area contributed by atoms with Crippen LogP contribution in [0.5, 0.6) is 0 Å². The second-order valence-corrected chi connectivity index (χ2v) is 5.37. The molecule has 0 bridgehead atoms. The monoisotopic (exact) mass is 357 g/mol. The second kappa shape index (κ2) is 6.43. The Hall–Kier alpha value is -1.30. The van der Waals surface area contributed by atoms with E-state index in [2.05, 4.69) is 26.0 Å². The number of carbonyl (C=O) groups excluding carboxylic acids is 1. The van der Waals surface area contributed by atoms with Gasteiger partial charge in [-0.1, -0.05) is 33.6 Å². The Balaban J connectivity index is 2.37. The molecule has 1 atom stereocenters. The Morgan fingerprint density at radius 2 is 2.15 bits per heavy atom. The van der Waals surface area contributed by atoms with Gasteiger partial charge < -0.3 is 14.5 Å². The Kier molecular flexibility index (Phi) is 4.86. The first-order valence-corrected chi connectivity index (χ1v) is 7.04. The largest absolute Gasteiger partial charge is 0.463 e. The average molecular weight is 359 g/mol. The van der Waals surface area contributed by atoms with Gasteiger partial charge in [-0.3, -0.25) is 0 Å². The van der Waals surface area contributed by atoms with Gasteiger partial charge in [0.05, 0.1) is 13.2 Å². The van der Waals surface area contributed by atoms with Gasteiger partial charge in [-0.2, -0.15) is 0 Å². The molecule has 0 aliphatic heterocycles. The number of furan rings is 1. The van der Waals surface area contributed by atoms with Gasteiger partial charge in [0.15, 0.2) is 0 Å². The van der Waals surface area contributed by atoms with Crippen LogP contribution in [-0.4, -0.2) is 20.1 Å². The van der Waals surface area contributed by atoms with Crippen LogP contribution in [0.25, 0.3) is 0 Å². The van der Waals surface area contributed by atoms with Gasteiger partial charge in [0.1, 0.15) is 5.76 Å². The summed E-state index contributed by atoms with van der Waals surface area (Å²) in [6.07, 6.45) is 0. The first-order chi connectivity index (χ1) is 9.56. The first kappa shape index (κ1) is 15.1. The highest BCUT2D eigenvalue weighted by atomic mass is 79.9. The maximum absolute atomic E-state index is 11.4. The van der Waals surface area contributed by atoms with E-state index in [1.54, 1.807) is 18.2 Å². The van der Waals surface area contributed by atoms with Crippen molar-refractivity contribution in [3.8, 4) is 0 Å². The molecule has 0 amide bonds. The van der Waals surface area contributed by atoms with Crippen LogP contribution >= 0.6 is 27.5 Å². The Bertz CT molecular complexity index is 627. The number of hydrogen-bond donors (Lipinski definition) is 1. The van der Waals surface area contributed by atoms with Gasteiger partial charge in [-0.05, 0) is 36.9 Å². The normalized spacial score (nSPS) is 12.2. The lowest BCUT2D eigenvalue weighted by atomic mass is 10.1. The van der Waals surface area contributed by atoms with Crippen LogP contribution in [0.1, 0.15) is 27.9 Å². The topological polar surface area (TPSA) is 51.5 Å². The zero-order valence-corrected chi connectivity index (χ0v) is 13.3. The number of halogens is 2. The van der Waals surface area contributed by atoms with Crippen LogP contribution in [0, 0.1) is 0 Å². The smallest absolute Gasteiger partial charge is 0.373 e. The molecular weight excluding hydrogens is 346 g/mol. The molecule has 1 aromatic carbocycles. The number of ether oxygens (including phenoxy) is 1. The van der Waals surface area contributed by atoms with Crippen molar-refractivity contribution >= 4 is 33.5 Å². The molecule has 0 spiro atoms. The molecule has 2 rings (SSSR count). The van der Waals surface area contributed by atoms with Crippen LogP contribution in [-0.2, 0) is 4.74 Å².